The predicted molar refractivity (Wildman–Crippen MR) is 156 cm³/mol. The van der Waals surface area contributed by atoms with E-state index in [0.717, 1.165) is 70.1 Å². The number of piperazine rings is 1. The zero-order valence-corrected chi connectivity index (χ0v) is 23.7. The van der Waals surface area contributed by atoms with Crippen molar-refractivity contribution in [2.24, 2.45) is 0 Å². The van der Waals surface area contributed by atoms with E-state index in [1.807, 2.05) is 38.5 Å². The monoisotopic (exact) mass is 549 g/mol. The van der Waals surface area contributed by atoms with Crippen LogP contribution in [0.2, 0.25) is 0 Å². The molecule has 0 spiro atoms. The lowest BCUT2D eigenvalue weighted by Gasteiger charge is -2.56. The maximum absolute atomic E-state index is 4.82. The van der Waals surface area contributed by atoms with Gasteiger partial charge in [-0.25, -0.2) is 19.9 Å². The molecule has 5 aromatic heterocycles. The Balaban J connectivity index is 0.991. The lowest BCUT2D eigenvalue weighted by Crippen LogP contribution is -2.68. The molecule has 0 amide bonds. The highest BCUT2D eigenvalue weighted by atomic mass is 32.1. The second kappa shape index (κ2) is 10.2. The molecule has 40 heavy (non-hydrogen) atoms. The van der Waals surface area contributed by atoms with Crippen molar-refractivity contribution in [1.82, 2.24) is 40.0 Å². The minimum atomic E-state index is 0.525. The summed E-state index contributed by atoms with van der Waals surface area (Å²) in [4.78, 5) is 29.7. The van der Waals surface area contributed by atoms with Crippen molar-refractivity contribution in [2.75, 3.05) is 18.0 Å². The van der Waals surface area contributed by atoms with Crippen molar-refractivity contribution in [3.8, 4) is 22.0 Å². The first-order chi connectivity index (χ1) is 19.5. The normalized spacial score (nSPS) is 18.6. The molecular formula is C30H31N9S. The smallest absolute Gasteiger partial charge is 0.161 e. The Morgan fingerprint density at radius 1 is 0.850 bits per heavy atom. The number of nitrogens with one attached hydrogen (secondary N) is 1. The van der Waals surface area contributed by atoms with Gasteiger partial charge in [-0.1, -0.05) is 0 Å². The van der Waals surface area contributed by atoms with Crippen LogP contribution in [0.4, 0.5) is 5.82 Å². The number of pyridine rings is 2. The number of anilines is 1. The highest BCUT2D eigenvalue weighted by Gasteiger charge is 2.44. The van der Waals surface area contributed by atoms with Gasteiger partial charge in [0.25, 0.3) is 0 Å². The van der Waals surface area contributed by atoms with Gasteiger partial charge in [0.05, 0.1) is 17.1 Å². The summed E-state index contributed by atoms with van der Waals surface area (Å²) in [6.45, 7) is 8.94. The van der Waals surface area contributed by atoms with Crippen LogP contribution in [0.5, 0.6) is 0 Å². The summed E-state index contributed by atoms with van der Waals surface area (Å²) in [5, 5.41) is 8.38. The van der Waals surface area contributed by atoms with Gasteiger partial charge in [0.1, 0.15) is 10.8 Å². The van der Waals surface area contributed by atoms with E-state index < -0.39 is 0 Å². The van der Waals surface area contributed by atoms with Gasteiger partial charge in [0.15, 0.2) is 5.82 Å². The largest absolute Gasteiger partial charge is 0.353 e. The molecule has 0 saturated carbocycles. The van der Waals surface area contributed by atoms with Crippen LogP contribution in [-0.2, 0) is 13.0 Å². The summed E-state index contributed by atoms with van der Waals surface area (Å²) in [6, 6.07) is 13.6. The minimum Gasteiger partial charge on any atom is -0.353 e. The lowest BCUT2D eigenvalue weighted by molar-refractivity contribution is -0.00967. The molecule has 0 aliphatic carbocycles. The molecule has 8 rings (SSSR count). The third-order valence-electron chi connectivity index (χ3n) is 7.74. The zero-order valence-electron chi connectivity index (χ0n) is 22.9. The summed E-state index contributed by atoms with van der Waals surface area (Å²) in [7, 11) is 0. The molecule has 202 valence electrons. The van der Waals surface area contributed by atoms with Crippen molar-refractivity contribution < 1.29 is 0 Å². The molecule has 0 radical (unpaired) electrons. The van der Waals surface area contributed by atoms with E-state index >= 15 is 0 Å². The van der Waals surface area contributed by atoms with E-state index in [1.54, 1.807) is 11.3 Å². The van der Waals surface area contributed by atoms with Crippen molar-refractivity contribution in [3.05, 3.63) is 88.3 Å². The molecule has 10 heteroatoms. The fourth-order valence-electron chi connectivity index (χ4n) is 5.76. The second-order valence-electron chi connectivity index (χ2n) is 10.9. The van der Waals surface area contributed by atoms with Crippen molar-refractivity contribution in [1.29, 1.82) is 0 Å². The van der Waals surface area contributed by atoms with Gasteiger partial charge in [0.2, 0.25) is 0 Å². The van der Waals surface area contributed by atoms with E-state index in [0.29, 0.717) is 24.3 Å². The van der Waals surface area contributed by atoms with Crippen LogP contribution in [0.15, 0.2) is 55.0 Å². The average molecular weight is 550 g/mol. The number of aryl methyl sites for hydroxylation is 3. The first-order valence-electron chi connectivity index (χ1n) is 13.7. The van der Waals surface area contributed by atoms with Gasteiger partial charge in [-0.15, -0.1) is 11.3 Å². The van der Waals surface area contributed by atoms with E-state index in [2.05, 4.69) is 67.2 Å². The Hall–Kier alpha value is -4.02. The highest BCUT2D eigenvalue weighted by molar-refractivity contribution is 7.14. The van der Waals surface area contributed by atoms with E-state index in [-0.39, 0.29) is 0 Å². The maximum Gasteiger partial charge on any atom is 0.161 e. The molecule has 3 aliphatic rings. The van der Waals surface area contributed by atoms with E-state index in [9.17, 15) is 0 Å². The summed E-state index contributed by atoms with van der Waals surface area (Å²) in [5.74, 6) is 1.72. The average Bonchev–Trinajstić information content (AvgIpc) is 3.59. The molecular weight excluding hydrogens is 518 g/mol. The molecule has 5 aromatic rings. The molecule has 9 nitrogen and oxygen atoms in total. The maximum atomic E-state index is 4.82. The first-order valence-corrected chi connectivity index (χ1v) is 14.5. The zero-order chi connectivity index (χ0) is 27.2. The van der Waals surface area contributed by atoms with Gasteiger partial charge in [-0.05, 0) is 63.6 Å². The van der Waals surface area contributed by atoms with E-state index in [4.69, 9.17) is 15.0 Å². The van der Waals surface area contributed by atoms with Gasteiger partial charge in [-0.2, -0.15) is 5.10 Å². The third kappa shape index (κ3) is 5.00. The number of piperidine rings is 1. The Morgan fingerprint density at radius 2 is 1.68 bits per heavy atom. The Bertz CT molecular complexity index is 1630. The van der Waals surface area contributed by atoms with Crippen molar-refractivity contribution in [2.45, 2.75) is 52.2 Å². The molecule has 3 aliphatic heterocycles. The number of hydrogen-bond donors (Lipinski definition) is 1. The highest BCUT2D eigenvalue weighted by Crippen LogP contribution is 2.35. The van der Waals surface area contributed by atoms with Crippen LogP contribution in [0.25, 0.3) is 22.0 Å². The first kappa shape index (κ1) is 25.0. The fraction of sp³-hybridized carbons (Fsp3) is 0.333. The minimum absolute atomic E-state index is 0.525. The molecule has 3 saturated heterocycles. The number of thiazole rings is 1. The number of aromatic amines is 1. The number of H-pyrrole nitrogens is 1. The van der Waals surface area contributed by atoms with Gasteiger partial charge in [0, 0.05) is 84.1 Å². The molecule has 0 aromatic carbocycles. The van der Waals surface area contributed by atoms with Gasteiger partial charge in [-0.3, -0.25) is 15.0 Å². The number of aromatic nitrogens is 7. The Kier molecular flexibility index (Phi) is 6.36. The van der Waals surface area contributed by atoms with Crippen LogP contribution >= 0.6 is 11.3 Å². The molecule has 3 fully saturated rings. The lowest BCUT2D eigenvalue weighted by atomic mass is 9.87. The quantitative estimate of drug-likeness (QED) is 0.310. The Morgan fingerprint density at radius 3 is 2.35 bits per heavy atom. The van der Waals surface area contributed by atoms with Crippen LogP contribution in [0.3, 0.4) is 0 Å². The summed E-state index contributed by atoms with van der Waals surface area (Å²) in [5.41, 5.74) is 7.05. The fourth-order valence-corrected chi connectivity index (χ4v) is 6.52. The van der Waals surface area contributed by atoms with Crippen molar-refractivity contribution >= 4 is 17.2 Å². The molecule has 8 heterocycles. The van der Waals surface area contributed by atoms with E-state index in [1.165, 1.54) is 11.3 Å². The molecule has 2 bridgehead atoms. The van der Waals surface area contributed by atoms with Crippen LogP contribution in [0.1, 0.15) is 39.8 Å². The third-order valence-corrected chi connectivity index (χ3v) is 8.70. The standard InChI is InChI=1S/C30H31N9S/c1-18-8-24(10-25-9-19(2)36-37-25)35-29(34-18)21-5-7-28(32-13-21)38-16-26-11-27(17-38)39(26)15-23-6-4-22(14-31-23)30-33-12-20(3)40-30/h4-9,12-14,26-27H,10-11,15-17H2,1-3H3,(H,36,37). The summed E-state index contributed by atoms with van der Waals surface area (Å²) in [6.07, 6.45) is 7.69. The topological polar surface area (TPSA) is 99.6 Å². The summed E-state index contributed by atoms with van der Waals surface area (Å²) < 4.78 is 0. The molecule has 2 atom stereocenters. The summed E-state index contributed by atoms with van der Waals surface area (Å²) >= 11 is 1.71. The number of nitrogens with zero attached hydrogens (tertiary/aromatic N) is 8. The number of rotatable bonds is 7. The molecule has 2 unspecified atom stereocenters. The van der Waals surface area contributed by atoms with Crippen molar-refractivity contribution in [3.63, 3.8) is 0 Å². The number of fused-ring (bicyclic) bond motifs is 2. The van der Waals surface area contributed by atoms with Crippen LogP contribution < -0.4 is 4.90 Å². The molecule has 1 N–H and O–H groups in total. The van der Waals surface area contributed by atoms with Gasteiger partial charge < -0.3 is 4.90 Å². The van der Waals surface area contributed by atoms with Crippen LogP contribution in [0, 0.1) is 20.8 Å². The van der Waals surface area contributed by atoms with Crippen LogP contribution in [-0.4, -0.2) is 65.2 Å². The SMILES string of the molecule is Cc1cc(Cc2cc(C)[nH]n2)nc(-c2ccc(N3CC4CC(C3)N4Cc3ccc(-c4ncc(C)s4)cn3)nc2)n1. The number of hydrogen-bond acceptors (Lipinski definition) is 9. The predicted octanol–water partition coefficient (Wildman–Crippen LogP) is 4.76. The second-order valence-corrected chi connectivity index (χ2v) is 12.1. The van der Waals surface area contributed by atoms with Gasteiger partial charge >= 0.3 is 0 Å². The Labute approximate surface area is 237 Å².